The molecule has 1 aliphatic heterocycles. The van der Waals surface area contributed by atoms with Gasteiger partial charge in [0.25, 0.3) is 5.91 Å². The van der Waals surface area contributed by atoms with Gasteiger partial charge in [-0.2, -0.15) is 11.8 Å². The predicted octanol–water partition coefficient (Wildman–Crippen LogP) is 1.79. The van der Waals surface area contributed by atoms with Crippen molar-refractivity contribution in [1.29, 1.82) is 0 Å². The number of hydrogen-bond acceptors (Lipinski definition) is 3. The zero-order chi connectivity index (χ0) is 14.4. The highest BCUT2D eigenvalue weighted by Crippen LogP contribution is 2.18. The van der Waals surface area contributed by atoms with Gasteiger partial charge in [-0.25, -0.2) is 4.39 Å². The van der Waals surface area contributed by atoms with Crippen LogP contribution in [0.3, 0.4) is 0 Å². The van der Waals surface area contributed by atoms with Gasteiger partial charge in [-0.1, -0.05) is 11.8 Å². The molecule has 1 atom stereocenters. The van der Waals surface area contributed by atoms with Crippen LogP contribution in [0.4, 0.5) is 4.39 Å². The molecule has 0 aliphatic carbocycles. The van der Waals surface area contributed by atoms with Crippen LogP contribution in [0.25, 0.3) is 0 Å². The van der Waals surface area contributed by atoms with Crippen molar-refractivity contribution < 1.29 is 14.3 Å². The third kappa shape index (κ3) is 3.99. The van der Waals surface area contributed by atoms with Crippen LogP contribution in [-0.4, -0.2) is 35.2 Å². The average Bonchev–Trinajstić information content (AvgIpc) is 2.92. The normalized spacial score (nSPS) is 17.4. The number of hydrogen-bond donors (Lipinski definition) is 2. The summed E-state index contributed by atoms with van der Waals surface area (Å²) in [5.74, 6) is 6.79. The third-order valence-corrected chi connectivity index (χ3v) is 4.11. The molecule has 1 aliphatic rings. The number of aliphatic hydroxyl groups excluding tert-OH is 1. The van der Waals surface area contributed by atoms with Crippen molar-refractivity contribution in [3.05, 3.63) is 35.1 Å². The summed E-state index contributed by atoms with van der Waals surface area (Å²) in [5, 5.41) is 11.7. The van der Waals surface area contributed by atoms with Crippen LogP contribution in [-0.2, 0) is 0 Å². The van der Waals surface area contributed by atoms with Crippen LogP contribution in [0, 0.1) is 17.7 Å². The molecule has 5 heteroatoms. The molecule has 20 heavy (non-hydrogen) atoms. The Morgan fingerprint density at radius 2 is 2.40 bits per heavy atom. The van der Waals surface area contributed by atoms with Crippen LogP contribution in [0.1, 0.15) is 28.8 Å². The molecule has 1 fully saturated rings. The minimum atomic E-state index is -0.425. The number of thioether (sulfide) groups is 1. The smallest absolute Gasteiger partial charge is 0.252 e. The zero-order valence-electron chi connectivity index (χ0n) is 11.0. The van der Waals surface area contributed by atoms with E-state index in [1.54, 1.807) is 0 Å². The molecule has 1 aromatic carbocycles. The first-order valence-corrected chi connectivity index (χ1v) is 7.64. The molecular weight excluding hydrogens is 277 g/mol. The molecule has 1 saturated heterocycles. The highest BCUT2D eigenvalue weighted by molar-refractivity contribution is 7.99. The predicted molar refractivity (Wildman–Crippen MR) is 78.2 cm³/mol. The molecular formula is C15H16FNO2S. The van der Waals surface area contributed by atoms with Crippen molar-refractivity contribution in [3.8, 4) is 11.8 Å². The Hall–Kier alpha value is -1.51. The van der Waals surface area contributed by atoms with Gasteiger partial charge in [-0.05, 0) is 30.4 Å². The maximum absolute atomic E-state index is 13.3. The molecule has 3 nitrogen and oxygen atoms in total. The number of carbonyl (C=O) groups excluding carboxylic acids is 1. The van der Waals surface area contributed by atoms with Crippen molar-refractivity contribution in [2.75, 3.05) is 18.1 Å². The summed E-state index contributed by atoms with van der Waals surface area (Å²) in [6.07, 6.45) is 1.26. The van der Waals surface area contributed by atoms with E-state index in [-0.39, 0.29) is 18.6 Å². The molecule has 2 N–H and O–H groups in total. The van der Waals surface area contributed by atoms with Crippen LogP contribution in [0.15, 0.2) is 18.2 Å². The second-order valence-electron chi connectivity index (χ2n) is 4.50. The van der Waals surface area contributed by atoms with Gasteiger partial charge >= 0.3 is 0 Å². The van der Waals surface area contributed by atoms with Gasteiger partial charge in [0.15, 0.2) is 0 Å². The van der Waals surface area contributed by atoms with E-state index in [0.717, 1.165) is 17.9 Å². The first kappa shape index (κ1) is 14.9. The van der Waals surface area contributed by atoms with E-state index in [1.165, 1.54) is 18.2 Å². The van der Waals surface area contributed by atoms with Gasteiger partial charge in [-0.3, -0.25) is 4.79 Å². The molecule has 1 amide bonds. The number of aliphatic hydroxyl groups is 1. The Morgan fingerprint density at radius 1 is 1.55 bits per heavy atom. The number of rotatable bonds is 3. The van der Waals surface area contributed by atoms with Crippen LogP contribution in [0.2, 0.25) is 0 Å². The lowest BCUT2D eigenvalue weighted by molar-refractivity contribution is 0.0941. The molecule has 1 heterocycles. The fourth-order valence-corrected chi connectivity index (χ4v) is 3.10. The monoisotopic (exact) mass is 293 g/mol. The largest absolute Gasteiger partial charge is 0.395 e. The lowest BCUT2D eigenvalue weighted by Crippen LogP contribution is -2.35. The third-order valence-electron chi connectivity index (χ3n) is 2.95. The second kappa shape index (κ2) is 7.32. The fraction of sp³-hybridized carbons (Fsp3) is 0.400. The van der Waals surface area contributed by atoms with Gasteiger partial charge in [0.2, 0.25) is 0 Å². The Morgan fingerprint density at radius 3 is 3.10 bits per heavy atom. The van der Waals surface area contributed by atoms with E-state index in [4.69, 9.17) is 5.11 Å². The number of nitrogens with one attached hydrogen (secondary N) is 1. The van der Waals surface area contributed by atoms with E-state index < -0.39 is 5.82 Å². The van der Waals surface area contributed by atoms with Crippen molar-refractivity contribution in [2.45, 2.75) is 18.9 Å². The first-order chi connectivity index (χ1) is 9.70. The van der Waals surface area contributed by atoms with Gasteiger partial charge in [0, 0.05) is 23.8 Å². The number of halogens is 1. The van der Waals surface area contributed by atoms with Crippen LogP contribution < -0.4 is 5.32 Å². The topological polar surface area (TPSA) is 49.3 Å². The minimum absolute atomic E-state index is 0.0524. The van der Waals surface area contributed by atoms with E-state index in [9.17, 15) is 9.18 Å². The molecule has 2 rings (SSSR count). The summed E-state index contributed by atoms with van der Waals surface area (Å²) in [5.41, 5.74) is 0.746. The summed E-state index contributed by atoms with van der Waals surface area (Å²) in [6.45, 7) is -0.0524. The summed E-state index contributed by atoms with van der Waals surface area (Å²) in [6, 6.07) is 4.14. The number of carbonyl (C=O) groups is 1. The Labute approximate surface area is 122 Å². The Bertz CT molecular complexity index is 545. The Kier molecular flexibility index (Phi) is 5.45. The number of benzene rings is 1. The van der Waals surface area contributed by atoms with Gasteiger partial charge in [-0.15, -0.1) is 0 Å². The number of amides is 1. The highest BCUT2D eigenvalue weighted by Gasteiger charge is 2.19. The van der Waals surface area contributed by atoms with Crippen LogP contribution in [0.5, 0.6) is 0 Å². The van der Waals surface area contributed by atoms with E-state index in [1.807, 2.05) is 11.8 Å². The molecule has 0 spiro atoms. The molecule has 0 radical (unpaired) electrons. The summed E-state index contributed by atoms with van der Waals surface area (Å²) in [7, 11) is 0. The van der Waals surface area contributed by atoms with Gasteiger partial charge < -0.3 is 10.4 Å². The van der Waals surface area contributed by atoms with E-state index in [0.29, 0.717) is 17.5 Å². The van der Waals surface area contributed by atoms with Crippen LogP contribution >= 0.6 is 11.8 Å². The molecule has 106 valence electrons. The summed E-state index contributed by atoms with van der Waals surface area (Å²) < 4.78 is 13.3. The maximum atomic E-state index is 13.3. The molecule has 0 bridgehead atoms. The highest BCUT2D eigenvalue weighted by atomic mass is 32.2. The molecule has 1 aromatic rings. The van der Waals surface area contributed by atoms with Gasteiger partial charge in [0.1, 0.15) is 5.82 Å². The van der Waals surface area contributed by atoms with Crippen molar-refractivity contribution in [1.82, 2.24) is 5.32 Å². The maximum Gasteiger partial charge on any atom is 0.252 e. The second-order valence-corrected chi connectivity index (χ2v) is 5.65. The SMILES string of the molecule is O=C(NC1CCSC1)c1ccc(F)cc1C#CCCO. The lowest BCUT2D eigenvalue weighted by Gasteiger charge is -2.12. The quantitative estimate of drug-likeness (QED) is 0.836. The van der Waals surface area contributed by atoms with Gasteiger partial charge in [0.05, 0.1) is 12.2 Å². The standard InChI is InChI=1S/C15H16FNO2S/c16-12-4-5-14(11(9-12)3-1-2-7-18)15(19)17-13-6-8-20-10-13/h4-5,9,13,18H,2,6-8,10H2,(H,17,19). The van der Waals surface area contributed by atoms with Crippen molar-refractivity contribution in [2.24, 2.45) is 0 Å². The average molecular weight is 293 g/mol. The zero-order valence-corrected chi connectivity index (χ0v) is 11.8. The lowest BCUT2D eigenvalue weighted by atomic mass is 10.1. The minimum Gasteiger partial charge on any atom is -0.395 e. The van der Waals surface area contributed by atoms with Crippen molar-refractivity contribution >= 4 is 17.7 Å². The molecule has 0 saturated carbocycles. The van der Waals surface area contributed by atoms with E-state index >= 15 is 0 Å². The van der Waals surface area contributed by atoms with Crippen molar-refractivity contribution in [3.63, 3.8) is 0 Å². The Balaban J connectivity index is 2.17. The molecule has 1 unspecified atom stereocenters. The summed E-state index contributed by atoms with van der Waals surface area (Å²) >= 11 is 1.81. The van der Waals surface area contributed by atoms with E-state index in [2.05, 4.69) is 17.2 Å². The fourth-order valence-electron chi connectivity index (χ4n) is 1.94. The molecule has 0 aromatic heterocycles. The first-order valence-electron chi connectivity index (χ1n) is 6.48. The summed E-state index contributed by atoms with van der Waals surface area (Å²) in [4.78, 5) is 12.2.